The molecule has 0 bridgehead atoms. The van der Waals surface area contributed by atoms with Gasteiger partial charge in [-0.2, -0.15) is 13.2 Å². The molecule has 4 heterocycles. The number of halogens is 3. The number of aromatic amines is 2. The molecule has 1 aliphatic rings. The van der Waals surface area contributed by atoms with Crippen molar-refractivity contribution in [1.29, 1.82) is 0 Å². The van der Waals surface area contributed by atoms with E-state index >= 15 is 0 Å². The number of carbonyl (C=O) groups excluding carboxylic acids is 3. The van der Waals surface area contributed by atoms with Crippen LogP contribution in [0.5, 0.6) is 11.5 Å². The fourth-order valence-electron chi connectivity index (χ4n) is 6.16. The maximum absolute atomic E-state index is 13.9. The standard InChI is InChI=1S/C34H25F3N5O6.Ce/c1-15-14-42(24-12-25(43)29-27(26(15)24)28(33(46)48-3)30(41-29)34(35,36)37)32(45)23-11-17-8-19(5-7-21(17)40-23)39-31(44)22-10-16-4-6-20(47-2)9-18(16)13-38-22;/h4-13,15,40-41,43H,1,14H2,2-3H3,(H,39,44);/q-1;. The maximum atomic E-state index is 13.9. The first-order chi connectivity index (χ1) is 22.9. The number of carbonyl (C=O) groups is 3. The van der Waals surface area contributed by atoms with Crippen LogP contribution < -0.4 is 15.0 Å². The van der Waals surface area contributed by atoms with Crippen molar-refractivity contribution in [2.75, 3.05) is 31.0 Å². The molecule has 2 amide bonds. The van der Waals surface area contributed by atoms with Crippen molar-refractivity contribution >= 4 is 61.7 Å². The van der Waals surface area contributed by atoms with Crippen LogP contribution in [0.2, 0.25) is 0 Å². The predicted octanol–water partition coefficient (Wildman–Crippen LogP) is 6.55. The Morgan fingerprint density at radius 3 is 2.51 bits per heavy atom. The number of anilines is 2. The fraction of sp³-hybridized carbons (Fsp3) is 0.147. The molecule has 6 aromatic rings. The Bertz CT molecular complexity index is 2330. The average Bonchev–Trinajstić information content (AvgIpc) is 3.77. The number of amides is 2. The molecule has 1 atom stereocenters. The molecule has 7 rings (SSSR count). The van der Waals surface area contributed by atoms with Gasteiger partial charge < -0.3 is 41.7 Å². The summed E-state index contributed by atoms with van der Waals surface area (Å²) in [6.45, 7) is 3.99. The summed E-state index contributed by atoms with van der Waals surface area (Å²) in [6.07, 6.45) is -3.38. The van der Waals surface area contributed by atoms with Gasteiger partial charge in [-0.15, -0.1) is 5.92 Å². The molecule has 0 fully saturated rings. The number of alkyl halides is 3. The Kier molecular flexibility index (Phi) is 8.83. The smallest absolute Gasteiger partial charge is 0.432 e. The minimum Gasteiger partial charge on any atom is -0.506 e. The Morgan fingerprint density at radius 2 is 1.80 bits per heavy atom. The van der Waals surface area contributed by atoms with Gasteiger partial charge in [-0.3, -0.25) is 14.6 Å². The number of esters is 1. The molecule has 248 valence electrons. The van der Waals surface area contributed by atoms with Crippen molar-refractivity contribution in [2.24, 2.45) is 0 Å². The van der Waals surface area contributed by atoms with E-state index in [9.17, 15) is 32.7 Å². The number of methoxy groups -OCH3 is 2. The van der Waals surface area contributed by atoms with Gasteiger partial charge in [0.05, 0.1) is 25.3 Å². The summed E-state index contributed by atoms with van der Waals surface area (Å²) in [5, 5.41) is 15.6. The van der Waals surface area contributed by atoms with Crippen LogP contribution in [0.15, 0.2) is 60.8 Å². The summed E-state index contributed by atoms with van der Waals surface area (Å²) in [4.78, 5) is 50.2. The second-order valence-corrected chi connectivity index (χ2v) is 11.3. The summed E-state index contributed by atoms with van der Waals surface area (Å²) in [5.41, 5.74) is -0.836. The normalized spacial score (nSPS) is 14.2. The van der Waals surface area contributed by atoms with Crippen molar-refractivity contribution in [2.45, 2.75) is 12.1 Å². The molecule has 0 spiro atoms. The summed E-state index contributed by atoms with van der Waals surface area (Å²) in [6, 6.07) is 14.8. The van der Waals surface area contributed by atoms with Crippen LogP contribution in [0.1, 0.15) is 48.5 Å². The van der Waals surface area contributed by atoms with Crippen LogP contribution in [-0.2, 0) is 10.9 Å². The maximum Gasteiger partial charge on any atom is 0.432 e. The zero-order valence-corrected chi connectivity index (χ0v) is 28.9. The van der Waals surface area contributed by atoms with Gasteiger partial charge >= 0.3 is 12.1 Å². The number of nitrogens with one attached hydrogen (secondary N) is 3. The number of hydrogen-bond acceptors (Lipinski definition) is 7. The van der Waals surface area contributed by atoms with E-state index in [-0.39, 0.29) is 81.8 Å². The molecule has 49 heavy (non-hydrogen) atoms. The zero-order chi connectivity index (χ0) is 34.1. The van der Waals surface area contributed by atoms with Gasteiger partial charge in [-0.05, 0) is 53.4 Å². The van der Waals surface area contributed by atoms with E-state index in [1.54, 1.807) is 49.7 Å². The van der Waals surface area contributed by atoms with E-state index in [0.29, 0.717) is 22.3 Å². The van der Waals surface area contributed by atoms with Gasteiger partial charge in [-0.25, -0.2) is 4.79 Å². The number of ether oxygens (including phenoxy) is 2. The molecule has 11 nitrogen and oxygen atoms in total. The van der Waals surface area contributed by atoms with Crippen LogP contribution in [-0.4, -0.2) is 58.6 Å². The Balaban J connectivity index is 0.00000417. The molecule has 0 saturated heterocycles. The number of phenols is 1. The van der Waals surface area contributed by atoms with Crippen molar-refractivity contribution in [1.82, 2.24) is 15.0 Å². The Hall–Kier alpha value is -4.67. The molecule has 4 N–H and O–H groups in total. The second-order valence-electron chi connectivity index (χ2n) is 11.3. The molecular weight excluding hydrogens is 772 g/mol. The van der Waals surface area contributed by atoms with E-state index < -0.39 is 46.9 Å². The zero-order valence-electron chi connectivity index (χ0n) is 25.8. The van der Waals surface area contributed by atoms with Crippen molar-refractivity contribution < 1.29 is 83.9 Å². The minimum atomic E-state index is -4.96. The first kappa shape index (κ1) is 34.2. The van der Waals surface area contributed by atoms with Gasteiger partial charge in [0, 0.05) is 93.6 Å². The molecule has 0 radical (unpaired) electrons. The number of pyridine rings is 1. The number of H-pyrrole nitrogens is 2. The van der Waals surface area contributed by atoms with Crippen LogP contribution in [0.3, 0.4) is 0 Å². The molecule has 15 heteroatoms. The average molecular weight is 797 g/mol. The van der Waals surface area contributed by atoms with Gasteiger partial charge in [0.2, 0.25) is 0 Å². The van der Waals surface area contributed by atoms with Crippen molar-refractivity contribution in [3.8, 4) is 11.5 Å². The van der Waals surface area contributed by atoms with E-state index in [1.807, 2.05) is 12.1 Å². The number of benzene rings is 3. The number of nitrogens with zero attached hydrogens (tertiary/aromatic N) is 2. The monoisotopic (exact) mass is 796 g/mol. The van der Waals surface area contributed by atoms with Crippen LogP contribution in [0.4, 0.5) is 24.5 Å². The molecule has 1 unspecified atom stereocenters. The van der Waals surface area contributed by atoms with E-state index in [1.165, 1.54) is 11.0 Å². The number of fused-ring (bicyclic) bond motifs is 5. The largest absolute Gasteiger partial charge is 0.506 e. The van der Waals surface area contributed by atoms with Crippen LogP contribution >= 0.6 is 0 Å². The first-order valence-electron chi connectivity index (χ1n) is 14.5. The molecular formula is C34H25CeF3N5O6-. The summed E-state index contributed by atoms with van der Waals surface area (Å²) in [5.74, 6) is -2.91. The summed E-state index contributed by atoms with van der Waals surface area (Å²) in [7, 11) is 2.51. The molecule has 0 saturated carbocycles. The fourth-order valence-corrected chi connectivity index (χ4v) is 6.16. The molecule has 1 aliphatic heterocycles. The Labute approximate surface area is 309 Å². The first-order valence-corrected chi connectivity index (χ1v) is 14.5. The van der Waals surface area contributed by atoms with Crippen LogP contribution in [0.25, 0.3) is 32.6 Å². The molecule has 3 aromatic carbocycles. The topological polar surface area (TPSA) is 150 Å². The van der Waals surface area contributed by atoms with E-state index in [4.69, 9.17) is 4.74 Å². The SMILES string of the molecule is [CH2-]C1CN(C(=O)c2cc3cc(NC(=O)c4cc5ccc(OC)cc5cn4)ccc3[nH]2)c2cc(O)c3[nH]c(C(F)(F)F)c(C(=O)OC)c3c21.[Ce]. The third-order valence-electron chi connectivity index (χ3n) is 8.37. The second kappa shape index (κ2) is 12.7. The summed E-state index contributed by atoms with van der Waals surface area (Å²) >= 11 is 0. The molecule has 3 aromatic heterocycles. The third kappa shape index (κ3) is 5.86. The molecule has 0 aliphatic carbocycles. The van der Waals surface area contributed by atoms with Crippen molar-refractivity contribution in [3.05, 3.63) is 95.9 Å². The van der Waals surface area contributed by atoms with E-state index in [2.05, 4.69) is 31.9 Å². The van der Waals surface area contributed by atoms with Gasteiger partial charge in [0.15, 0.2) is 0 Å². The third-order valence-corrected chi connectivity index (χ3v) is 8.37. The van der Waals surface area contributed by atoms with Gasteiger partial charge in [0.1, 0.15) is 28.6 Å². The number of hydrogen-bond donors (Lipinski definition) is 4. The van der Waals surface area contributed by atoms with Crippen LogP contribution in [0, 0.1) is 48.7 Å². The number of phenolic OH excluding ortho intramolecular Hbond substituents is 1. The predicted molar refractivity (Wildman–Crippen MR) is 171 cm³/mol. The number of aromatic hydroxyl groups is 1. The minimum absolute atomic E-state index is 0. The summed E-state index contributed by atoms with van der Waals surface area (Å²) < 4.78 is 51.6. The number of aromatic nitrogens is 3. The van der Waals surface area contributed by atoms with Gasteiger partial charge in [-0.1, -0.05) is 6.07 Å². The Morgan fingerprint density at radius 1 is 1.02 bits per heavy atom. The van der Waals surface area contributed by atoms with Crippen molar-refractivity contribution in [3.63, 3.8) is 0 Å². The quantitative estimate of drug-likeness (QED) is 0.114. The van der Waals surface area contributed by atoms with E-state index in [0.717, 1.165) is 17.9 Å². The van der Waals surface area contributed by atoms with Gasteiger partial charge in [0.25, 0.3) is 11.8 Å². The number of rotatable bonds is 5.